The second-order valence-electron chi connectivity index (χ2n) is 19.8. The van der Waals surface area contributed by atoms with Gasteiger partial charge in [-0.2, -0.15) is 0 Å². The highest BCUT2D eigenvalue weighted by Gasteiger charge is 2.19. The number of carbonyl (C=O) groups excluding carboxylic acids is 3. The van der Waals surface area contributed by atoms with Crippen molar-refractivity contribution in [3.63, 3.8) is 0 Å². The average Bonchev–Trinajstić information content (AvgIpc) is 3.43. The number of hydrogen-bond acceptors (Lipinski definition) is 6. The third-order valence-electron chi connectivity index (χ3n) is 12.5. The van der Waals surface area contributed by atoms with E-state index >= 15 is 0 Å². The number of unbranched alkanes of at least 4 members (excludes halogenated alkanes) is 17. The molecule has 77 heavy (non-hydrogen) atoms. The van der Waals surface area contributed by atoms with E-state index in [0.29, 0.717) is 19.3 Å². The highest BCUT2D eigenvalue weighted by molar-refractivity contribution is 5.71. The lowest BCUT2D eigenvalue weighted by Crippen LogP contribution is -2.30. The maximum absolute atomic E-state index is 12.9. The van der Waals surface area contributed by atoms with E-state index in [1.807, 2.05) is 12.2 Å². The van der Waals surface area contributed by atoms with E-state index < -0.39 is 6.10 Å². The van der Waals surface area contributed by atoms with Gasteiger partial charge in [-0.1, -0.05) is 256 Å². The molecule has 0 aliphatic carbocycles. The Kier molecular flexibility index (Phi) is 59.5. The highest BCUT2D eigenvalue weighted by atomic mass is 16.6. The van der Waals surface area contributed by atoms with Crippen molar-refractivity contribution in [1.29, 1.82) is 0 Å². The van der Waals surface area contributed by atoms with Crippen LogP contribution in [0.15, 0.2) is 158 Å². The van der Waals surface area contributed by atoms with Crippen molar-refractivity contribution in [2.24, 2.45) is 0 Å². The molecule has 0 spiro atoms. The topological polar surface area (TPSA) is 78.9 Å². The van der Waals surface area contributed by atoms with Crippen molar-refractivity contribution >= 4 is 17.9 Å². The van der Waals surface area contributed by atoms with Gasteiger partial charge in [0.2, 0.25) is 0 Å². The molecule has 0 aromatic heterocycles. The molecule has 0 radical (unpaired) electrons. The maximum atomic E-state index is 12.9. The highest BCUT2D eigenvalue weighted by Crippen LogP contribution is 2.14. The van der Waals surface area contributed by atoms with Gasteiger partial charge < -0.3 is 14.2 Å². The second-order valence-corrected chi connectivity index (χ2v) is 19.8. The first-order valence-corrected chi connectivity index (χ1v) is 31.0. The van der Waals surface area contributed by atoms with Crippen LogP contribution in [-0.2, 0) is 28.6 Å². The van der Waals surface area contributed by atoms with E-state index in [-0.39, 0.29) is 44.0 Å². The quantitative estimate of drug-likeness (QED) is 0.0261. The fourth-order valence-electron chi connectivity index (χ4n) is 7.94. The summed E-state index contributed by atoms with van der Waals surface area (Å²) in [4.78, 5) is 38.2. The average molecular weight is 1060 g/mol. The Hall–Kier alpha value is -4.97. The summed E-state index contributed by atoms with van der Waals surface area (Å²) in [7, 11) is 0. The van der Waals surface area contributed by atoms with E-state index in [1.165, 1.54) is 89.9 Å². The summed E-state index contributed by atoms with van der Waals surface area (Å²) in [6.45, 7) is 6.30. The molecule has 1 atom stereocenters. The van der Waals surface area contributed by atoms with E-state index in [9.17, 15) is 14.4 Å². The lowest BCUT2D eigenvalue weighted by Gasteiger charge is -2.18. The van der Waals surface area contributed by atoms with Crippen LogP contribution in [0.5, 0.6) is 0 Å². The van der Waals surface area contributed by atoms with Gasteiger partial charge in [-0.25, -0.2) is 0 Å². The molecule has 6 heteroatoms. The Morgan fingerprint density at radius 2 is 0.532 bits per heavy atom. The first-order chi connectivity index (χ1) is 38.0. The minimum Gasteiger partial charge on any atom is -0.462 e. The van der Waals surface area contributed by atoms with Crippen molar-refractivity contribution in [3.05, 3.63) is 158 Å². The lowest BCUT2D eigenvalue weighted by atomic mass is 10.1. The van der Waals surface area contributed by atoms with E-state index in [0.717, 1.165) is 109 Å². The van der Waals surface area contributed by atoms with Gasteiger partial charge in [0.05, 0.1) is 0 Å². The minimum absolute atomic E-state index is 0.130. The molecule has 0 saturated carbocycles. The van der Waals surface area contributed by atoms with Crippen LogP contribution in [0.25, 0.3) is 0 Å². The molecule has 0 fully saturated rings. The molecule has 0 heterocycles. The van der Waals surface area contributed by atoms with Crippen LogP contribution in [0, 0.1) is 0 Å². The summed E-state index contributed by atoms with van der Waals surface area (Å²) in [5.41, 5.74) is 0. The van der Waals surface area contributed by atoms with Crippen LogP contribution in [0.1, 0.15) is 252 Å². The largest absolute Gasteiger partial charge is 0.462 e. The summed E-state index contributed by atoms with van der Waals surface area (Å²) in [6.07, 6.45) is 92.6. The molecule has 0 rings (SSSR count). The van der Waals surface area contributed by atoms with Gasteiger partial charge in [-0.15, -0.1) is 0 Å². The van der Waals surface area contributed by atoms with Crippen LogP contribution in [0.4, 0.5) is 0 Å². The fraction of sp³-hybridized carbons (Fsp3) is 0.592. The Morgan fingerprint density at radius 1 is 0.273 bits per heavy atom. The molecule has 6 nitrogen and oxygen atoms in total. The first-order valence-electron chi connectivity index (χ1n) is 31.0. The van der Waals surface area contributed by atoms with Crippen LogP contribution in [-0.4, -0.2) is 37.2 Å². The normalized spacial score (nSPS) is 13.2. The van der Waals surface area contributed by atoms with Crippen LogP contribution < -0.4 is 0 Å². The summed E-state index contributed by atoms with van der Waals surface area (Å²) in [6, 6.07) is 0. The van der Waals surface area contributed by atoms with E-state index in [1.54, 1.807) is 0 Å². The van der Waals surface area contributed by atoms with Crippen LogP contribution in [0.3, 0.4) is 0 Å². The maximum Gasteiger partial charge on any atom is 0.306 e. The molecule has 0 aromatic rings. The third-order valence-corrected chi connectivity index (χ3v) is 12.5. The molecule has 432 valence electrons. The molecular formula is C71H112O6. The fourth-order valence-corrected chi connectivity index (χ4v) is 7.94. The lowest BCUT2D eigenvalue weighted by molar-refractivity contribution is -0.166. The van der Waals surface area contributed by atoms with Gasteiger partial charge >= 0.3 is 17.9 Å². The summed E-state index contributed by atoms with van der Waals surface area (Å²) in [5.74, 6) is -1.06. The van der Waals surface area contributed by atoms with Crippen molar-refractivity contribution in [1.82, 2.24) is 0 Å². The number of carbonyl (C=O) groups is 3. The van der Waals surface area contributed by atoms with Crippen molar-refractivity contribution in [3.8, 4) is 0 Å². The molecule has 1 unspecified atom stereocenters. The SMILES string of the molecule is CC/C=C\C/C=C\C/C=C\C/C=C\C/C=C\C/C=C\C/C=C\C/C=C\CCCCC(=O)OCC(COC(=O)CC/C=C\C/C=C\C/C=C\C/C=C\CC)OC(=O)CCCCCCCCCCC/C=C\CCCCCCCC. The Morgan fingerprint density at radius 3 is 0.909 bits per heavy atom. The van der Waals surface area contributed by atoms with Gasteiger partial charge in [-0.3, -0.25) is 14.4 Å². The standard InChI is InChI=1S/C71H112O6/c1-4-7-10-13-16-19-22-25-27-29-31-32-33-34-35-36-37-38-40-41-43-46-49-52-55-58-61-64-70(73)76-67-68(66-75-69(72)63-60-57-54-51-48-45-24-21-18-15-12-9-6-3)77-71(74)65-62-59-56-53-50-47-44-42-39-30-28-26-23-20-17-14-11-8-5-2/h7,9-10,12,16,18-19,21,25-28,31-32,34-35,37-38,41,43,45,48-49,52,54,57,68H,4-6,8,11,13-15,17,20,22-24,29-30,33,36,39-40,42,44,46-47,50-51,53,55-56,58-67H2,1-3H3/b10-7-,12-9-,19-16-,21-18-,27-25-,28-26-,32-31-,35-34-,38-37-,43-41-,48-45-,52-49-,57-54-. The number of ether oxygens (including phenoxy) is 3. The van der Waals surface area contributed by atoms with Gasteiger partial charge in [0.25, 0.3) is 0 Å². The second kappa shape index (κ2) is 63.6. The Balaban J connectivity index is 4.50. The van der Waals surface area contributed by atoms with Crippen LogP contribution in [0.2, 0.25) is 0 Å². The zero-order valence-corrected chi connectivity index (χ0v) is 49.4. The zero-order chi connectivity index (χ0) is 55.7. The molecule has 0 saturated heterocycles. The van der Waals surface area contributed by atoms with Gasteiger partial charge in [0, 0.05) is 19.3 Å². The van der Waals surface area contributed by atoms with Crippen LogP contribution >= 0.6 is 0 Å². The molecule has 0 aromatic carbocycles. The number of rotatable bonds is 54. The third kappa shape index (κ3) is 61.8. The molecular weight excluding hydrogens is 949 g/mol. The minimum atomic E-state index is -0.834. The molecule has 0 aliphatic heterocycles. The van der Waals surface area contributed by atoms with Gasteiger partial charge in [-0.05, 0) is 135 Å². The zero-order valence-electron chi connectivity index (χ0n) is 49.4. The predicted molar refractivity (Wildman–Crippen MR) is 334 cm³/mol. The smallest absolute Gasteiger partial charge is 0.306 e. The van der Waals surface area contributed by atoms with Gasteiger partial charge in [0.15, 0.2) is 6.10 Å². The molecule has 0 aliphatic rings. The monoisotopic (exact) mass is 1060 g/mol. The molecule has 0 N–H and O–H groups in total. The molecule has 0 amide bonds. The van der Waals surface area contributed by atoms with Crippen molar-refractivity contribution < 1.29 is 28.6 Å². The summed E-state index contributed by atoms with van der Waals surface area (Å²) < 4.78 is 16.8. The molecule has 0 bridgehead atoms. The summed E-state index contributed by atoms with van der Waals surface area (Å²) in [5, 5.41) is 0. The van der Waals surface area contributed by atoms with Crippen molar-refractivity contribution in [2.45, 2.75) is 258 Å². The Labute approximate surface area is 473 Å². The van der Waals surface area contributed by atoms with E-state index in [2.05, 4.69) is 167 Å². The Bertz CT molecular complexity index is 1740. The summed E-state index contributed by atoms with van der Waals surface area (Å²) >= 11 is 0. The van der Waals surface area contributed by atoms with Gasteiger partial charge in [0.1, 0.15) is 13.2 Å². The van der Waals surface area contributed by atoms with Crippen molar-refractivity contribution in [2.75, 3.05) is 13.2 Å². The number of hydrogen-bond donors (Lipinski definition) is 0. The first kappa shape index (κ1) is 72.0. The van der Waals surface area contributed by atoms with E-state index in [4.69, 9.17) is 14.2 Å². The number of allylic oxidation sites excluding steroid dienone is 26. The number of esters is 3. The predicted octanol–water partition coefficient (Wildman–Crippen LogP) is 21.3.